The Morgan fingerprint density at radius 1 is 1.07 bits per heavy atom. The molecule has 0 unspecified atom stereocenters. The molecule has 7 heteroatoms. The number of benzene rings is 1. The van der Waals surface area contributed by atoms with Gasteiger partial charge in [0.1, 0.15) is 19.0 Å². The largest absolute Gasteiger partial charge is 0.486 e. The van der Waals surface area contributed by atoms with Gasteiger partial charge in [0, 0.05) is 44.1 Å². The predicted octanol–water partition coefficient (Wildman–Crippen LogP) is 2.37. The number of nitrogens with zero attached hydrogens (tertiary/aromatic N) is 3. The number of piperazine rings is 1. The number of fused-ring (bicyclic) bond motifs is 1. The molecule has 1 fully saturated rings. The summed E-state index contributed by atoms with van der Waals surface area (Å²) in [5.74, 6) is 2.20. The standard InChI is InChI=1S/C20H24N4O3/c1-2-23-7-9-24(10-8-23)20(25)15-3-6-19(21-14-15)22-16-4-5-17-18(13-16)27-12-11-26-17/h3-6,13-14H,2,7-12H2,1H3,(H,21,22). The topological polar surface area (TPSA) is 66.9 Å². The van der Waals surface area contributed by atoms with Crippen LogP contribution in [-0.2, 0) is 0 Å². The van der Waals surface area contributed by atoms with E-state index in [0.717, 1.165) is 49.9 Å². The molecule has 1 amide bonds. The smallest absolute Gasteiger partial charge is 0.255 e. The zero-order valence-electron chi connectivity index (χ0n) is 15.5. The third-order valence-corrected chi connectivity index (χ3v) is 4.93. The minimum Gasteiger partial charge on any atom is -0.486 e. The van der Waals surface area contributed by atoms with Gasteiger partial charge in [0.15, 0.2) is 11.5 Å². The van der Waals surface area contributed by atoms with E-state index < -0.39 is 0 Å². The zero-order chi connectivity index (χ0) is 18.6. The molecule has 2 aromatic rings. The van der Waals surface area contributed by atoms with Crippen molar-refractivity contribution in [3.05, 3.63) is 42.1 Å². The average molecular weight is 368 g/mol. The van der Waals surface area contributed by atoms with Crippen LogP contribution < -0.4 is 14.8 Å². The second-order valence-electron chi connectivity index (χ2n) is 6.64. The van der Waals surface area contributed by atoms with Crippen molar-refractivity contribution in [2.24, 2.45) is 0 Å². The van der Waals surface area contributed by atoms with E-state index in [1.165, 1.54) is 0 Å². The molecule has 2 aliphatic rings. The first-order chi connectivity index (χ1) is 13.2. The molecular weight excluding hydrogens is 344 g/mol. The monoisotopic (exact) mass is 368 g/mol. The number of aromatic nitrogens is 1. The van der Waals surface area contributed by atoms with Gasteiger partial charge in [-0.05, 0) is 30.8 Å². The van der Waals surface area contributed by atoms with Crippen LogP contribution in [0.2, 0.25) is 0 Å². The molecular formula is C20H24N4O3. The lowest BCUT2D eigenvalue weighted by molar-refractivity contribution is 0.0643. The van der Waals surface area contributed by atoms with Crippen LogP contribution in [0.3, 0.4) is 0 Å². The normalized spacial score (nSPS) is 16.9. The van der Waals surface area contributed by atoms with E-state index in [9.17, 15) is 4.79 Å². The third-order valence-electron chi connectivity index (χ3n) is 4.93. The van der Waals surface area contributed by atoms with Gasteiger partial charge in [-0.25, -0.2) is 4.98 Å². The van der Waals surface area contributed by atoms with Crippen LogP contribution in [0.1, 0.15) is 17.3 Å². The van der Waals surface area contributed by atoms with Crippen molar-refractivity contribution in [3.8, 4) is 11.5 Å². The number of anilines is 2. The summed E-state index contributed by atoms with van der Waals surface area (Å²) < 4.78 is 11.1. The number of likely N-dealkylation sites (N-methyl/N-ethyl adjacent to an activating group) is 1. The van der Waals surface area contributed by atoms with Crippen molar-refractivity contribution >= 4 is 17.4 Å². The van der Waals surface area contributed by atoms with Crippen molar-refractivity contribution in [2.75, 3.05) is 51.3 Å². The summed E-state index contributed by atoms with van der Waals surface area (Å²) in [4.78, 5) is 21.3. The highest BCUT2D eigenvalue weighted by atomic mass is 16.6. The molecule has 1 N–H and O–H groups in total. The van der Waals surface area contributed by atoms with Gasteiger partial charge in [-0.2, -0.15) is 0 Å². The number of ether oxygens (including phenoxy) is 2. The number of hydrogen-bond acceptors (Lipinski definition) is 6. The van der Waals surface area contributed by atoms with Gasteiger partial charge < -0.3 is 24.6 Å². The zero-order valence-corrected chi connectivity index (χ0v) is 15.5. The Hall–Kier alpha value is -2.80. The Morgan fingerprint density at radius 3 is 2.56 bits per heavy atom. The van der Waals surface area contributed by atoms with E-state index >= 15 is 0 Å². The quantitative estimate of drug-likeness (QED) is 0.894. The number of rotatable bonds is 4. The van der Waals surface area contributed by atoms with Crippen LogP contribution >= 0.6 is 0 Å². The molecule has 3 heterocycles. The van der Waals surface area contributed by atoms with Crippen LogP contribution in [0.4, 0.5) is 11.5 Å². The van der Waals surface area contributed by atoms with E-state index in [4.69, 9.17) is 9.47 Å². The molecule has 0 radical (unpaired) electrons. The molecule has 0 aliphatic carbocycles. The van der Waals surface area contributed by atoms with Gasteiger partial charge in [-0.15, -0.1) is 0 Å². The lowest BCUT2D eigenvalue weighted by Crippen LogP contribution is -2.48. The summed E-state index contributed by atoms with van der Waals surface area (Å²) in [5.41, 5.74) is 1.48. The van der Waals surface area contributed by atoms with Crippen molar-refractivity contribution in [2.45, 2.75) is 6.92 Å². The highest BCUT2D eigenvalue weighted by molar-refractivity contribution is 5.94. The van der Waals surface area contributed by atoms with E-state index in [1.54, 1.807) is 6.20 Å². The SMILES string of the molecule is CCN1CCN(C(=O)c2ccc(Nc3ccc4c(c3)OCCO4)nc2)CC1. The first-order valence-corrected chi connectivity index (χ1v) is 9.37. The first kappa shape index (κ1) is 17.6. The van der Waals surface area contributed by atoms with Crippen molar-refractivity contribution in [3.63, 3.8) is 0 Å². The number of pyridine rings is 1. The second kappa shape index (κ2) is 7.84. The second-order valence-corrected chi connectivity index (χ2v) is 6.64. The Kier molecular flexibility index (Phi) is 5.11. The molecule has 2 aliphatic heterocycles. The summed E-state index contributed by atoms with van der Waals surface area (Å²) in [6.07, 6.45) is 1.63. The molecule has 0 saturated carbocycles. The summed E-state index contributed by atoms with van der Waals surface area (Å²) in [6.45, 7) is 7.70. The summed E-state index contributed by atoms with van der Waals surface area (Å²) >= 11 is 0. The molecule has 1 saturated heterocycles. The molecule has 0 bridgehead atoms. The minimum atomic E-state index is 0.0455. The maximum Gasteiger partial charge on any atom is 0.255 e. The van der Waals surface area contributed by atoms with Crippen LogP contribution in [0.25, 0.3) is 0 Å². The van der Waals surface area contributed by atoms with Crippen LogP contribution in [0.5, 0.6) is 11.5 Å². The van der Waals surface area contributed by atoms with Gasteiger partial charge in [0.25, 0.3) is 5.91 Å². The fourth-order valence-corrected chi connectivity index (χ4v) is 3.31. The molecule has 7 nitrogen and oxygen atoms in total. The van der Waals surface area contributed by atoms with E-state index in [1.807, 2.05) is 35.2 Å². The maximum atomic E-state index is 12.6. The Balaban J connectivity index is 1.39. The summed E-state index contributed by atoms with van der Waals surface area (Å²) in [7, 11) is 0. The predicted molar refractivity (Wildman–Crippen MR) is 103 cm³/mol. The Bertz CT molecular complexity index is 801. The number of nitrogens with one attached hydrogen (secondary N) is 1. The summed E-state index contributed by atoms with van der Waals surface area (Å²) in [6, 6.07) is 9.34. The Morgan fingerprint density at radius 2 is 1.85 bits per heavy atom. The number of carbonyl (C=O) groups excluding carboxylic acids is 1. The van der Waals surface area contributed by atoms with Crippen LogP contribution in [-0.4, -0.2) is 66.6 Å². The van der Waals surface area contributed by atoms with Gasteiger partial charge in [0.2, 0.25) is 0 Å². The highest BCUT2D eigenvalue weighted by Gasteiger charge is 2.21. The number of carbonyl (C=O) groups is 1. The lowest BCUT2D eigenvalue weighted by atomic mass is 10.2. The van der Waals surface area contributed by atoms with Gasteiger partial charge in [0.05, 0.1) is 5.56 Å². The van der Waals surface area contributed by atoms with Gasteiger partial charge in [-0.1, -0.05) is 6.92 Å². The lowest BCUT2D eigenvalue weighted by Gasteiger charge is -2.34. The maximum absolute atomic E-state index is 12.6. The van der Waals surface area contributed by atoms with E-state index in [0.29, 0.717) is 24.6 Å². The van der Waals surface area contributed by atoms with Crippen molar-refractivity contribution in [1.82, 2.24) is 14.8 Å². The fraction of sp³-hybridized carbons (Fsp3) is 0.400. The fourth-order valence-electron chi connectivity index (χ4n) is 3.31. The minimum absolute atomic E-state index is 0.0455. The molecule has 1 aromatic heterocycles. The number of hydrogen-bond donors (Lipinski definition) is 1. The number of amides is 1. The van der Waals surface area contributed by atoms with Crippen molar-refractivity contribution < 1.29 is 14.3 Å². The molecule has 27 heavy (non-hydrogen) atoms. The highest BCUT2D eigenvalue weighted by Crippen LogP contribution is 2.33. The summed E-state index contributed by atoms with van der Waals surface area (Å²) in [5, 5.41) is 3.23. The molecule has 0 spiro atoms. The van der Waals surface area contributed by atoms with E-state index in [-0.39, 0.29) is 5.91 Å². The Labute approximate surface area is 158 Å². The van der Waals surface area contributed by atoms with Crippen LogP contribution in [0, 0.1) is 0 Å². The van der Waals surface area contributed by atoms with Gasteiger partial charge in [-0.3, -0.25) is 4.79 Å². The molecule has 4 rings (SSSR count). The van der Waals surface area contributed by atoms with Crippen LogP contribution in [0.15, 0.2) is 36.5 Å². The van der Waals surface area contributed by atoms with Crippen molar-refractivity contribution in [1.29, 1.82) is 0 Å². The average Bonchev–Trinajstić information content (AvgIpc) is 2.74. The molecule has 142 valence electrons. The molecule has 1 aromatic carbocycles. The van der Waals surface area contributed by atoms with E-state index in [2.05, 4.69) is 22.1 Å². The first-order valence-electron chi connectivity index (χ1n) is 9.37. The third kappa shape index (κ3) is 3.98. The van der Waals surface area contributed by atoms with Gasteiger partial charge >= 0.3 is 0 Å². The molecule has 0 atom stereocenters.